The Labute approximate surface area is 124 Å². The van der Waals surface area contributed by atoms with Crippen molar-refractivity contribution in [3.63, 3.8) is 0 Å². The number of hydrogen-bond donors (Lipinski definition) is 0. The summed E-state index contributed by atoms with van der Waals surface area (Å²) in [5.74, 6) is 2.82. The van der Waals surface area contributed by atoms with Crippen LogP contribution < -0.4 is 0 Å². The Balaban J connectivity index is 1.48. The van der Waals surface area contributed by atoms with E-state index in [1.807, 2.05) is 18.3 Å². The van der Waals surface area contributed by atoms with Crippen molar-refractivity contribution in [2.75, 3.05) is 13.1 Å². The molecule has 5 heteroatoms. The van der Waals surface area contributed by atoms with Crippen LogP contribution in [-0.4, -0.2) is 27.5 Å². The third-order valence-electron chi connectivity index (χ3n) is 4.09. The minimum absolute atomic E-state index is 0.477. The van der Waals surface area contributed by atoms with E-state index in [4.69, 9.17) is 16.0 Å². The zero-order valence-electron chi connectivity index (χ0n) is 11.8. The van der Waals surface area contributed by atoms with Crippen LogP contribution in [0.25, 0.3) is 0 Å². The highest BCUT2D eigenvalue weighted by Crippen LogP contribution is 2.22. The number of furan rings is 1. The molecular formula is C15H20ClN3O. The first-order chi connectivity index (χ1) is 9.70. The van der Waals surface area contributed by atoms with E-state index < -0.39 is 0 Å². The molecule has 0 radical (unpaired) electrons. The average Bonchev–Trinajstić information content (AvgIpc) is 3.02. The summed E-state index contributed by atoms with van der Waals surface area (Å²) in [5, 5.41) is 0.477. The molecule has 0 atom stereocenters. The first-order valence-corrected chi connectivity index (χ1v) is 7.53. The maximum Gasteiger partial charge on any atom is 0.193 e. The van der Waals surface area contributed by atoms with E-state index in [1.165, 1.54) is 12.8 Å². The number of rotatable bonds is 4. The molecule has 108 valence electrons. The first-order valence-electron chi connectivity index (χ1n) is 7.15. The standard InChI is InChI=1S/C15H20ClN3O/c1-12-17-6-9-19(12)10-13-4-7-18(8-5-13)11-14-2-3-15(16)20-14/h2-3,6,9,13H,4-5,7-8,10-11H2,1H3. The summed E-state index contributed by atoms with van der Waals surface area (Å²) < 4.78 is 7.68. The lowest BCUT2D eigenvalue weighted by molar-refractivity contribution is 0.157. The zero-order valence-corrected chi connectivity index (χ0v) is 12.5. The Kier molecular flexibility index (Phi) is 4.13. The van der Waals surface area contributed by atoms with Gasteiger partial charge in [0.05, 0.1) is 6.54 Å². The summed E-state index contributed by atoms with van der Waals surface area (Å²) in [6.07, 6.45) is 6.41. The molecule has 0 aromatic carbocycles. The molecule has 0 unspecified atom stereocenters. The topological polar surface area (TPSA) is 34.2 Å². The van der Waals surface area contributed by atoms with Gasteiger partial charge in [0, 0.05) is 18.9 Å². The predicted molar refractivity (Wildman–Crippen MR) is 78.7 cm³/mol. The van der Waals surface area contributed by atoms with Crippen LogP contribution in [0.1, 0.15) is 24.4 Å². The SMILES string of the molecule is Cc1nccn1CC1CCN(Cc2ccc(Cl)o2)CC1. The van der Waals surface area contributed by atoms with Gasteiger partial charge in [0.1, 0.15) is 11.6 Å². The molecule has 1 fully saturated rings. The van der Waals surface area contributed by atoms with Gasteiger partial charge in [0.2, 0.25) is 0 Å². The van der Waals surface area contributed by atoms with Gasteiger partial charge in [-0.25, -0.2) is 4.98 Å². The summed E-state index contributed by atoms with van der Waals surface area (Å²) in [6, 6.07) is 3.77. The minimum atomic E-state index is 0.477. The van der Waals surface area contributed by atoms with Crippen LogP contribution in [0.2, 0.25) is 5.22 Å². The smallest absolute Gasteiger partial charge is 0.193 e. The Bertz CT molecular complexity index is 555. The monoisotopic (exact) mass is 293 g/mol. The van der Waals surface area contributed by atoms with Crippen LogP contribution in [0.4, 0.5) is 0 Å². The maximum atomic E-state index is 5.80. The number of halogens is 1. The lowest BCUT2D eigenvalue weighted by Gasteiger charge is -2.31. The largest absolute Gasteiger partial charge is 0.448 e. The van der Waals surface area contributed by atoms with Crippen molar-refractivity contribution in [1.29, 1.82) is 0 Å². The van der Waals surface area contributed by atoms with Gasteiger partial charge in [-0.05, 0) is 62.5 Å². The highest BCUT2D eigenvalue weighted by molar-refractivity contribution is 6.28. The molecule has 0 N–H and O–H groups in total. The molecule has 0 spiro atoms. The lowest BCUT2D eigenvalue weighted by atomic mass is 9.96. The van der Waals surface area contributed by atoms with Gasteiger partial charge < -0.3 is 8.98 Å². The van der Waals surface area contributed by atoms with Gasteiger partial charge in [-0.15, -0.1) is 0 Å². The molecule has 2 aromatic rings. The lowest BCUT2D eigenvalue weighted by Crippen LogP contribution is -2.34. The number of likely N-dealkylation sites (tertiary alicyclic amines) is 1. The van der Waals surface area contributed by atoms with Gasteiger partial charge in [0.15, 0.2) is 5.22 Å². The fourth-order valence-electron chi connectivity index (χ4n) is 2.86. The number of nitrogens with zero attached hydrogens (tertiary/aromatic N) is 3. The van der Waals surface area contributed by atoms with Gasteiger partial charge >= 0.3 is 0 Å². The summed E-state index contributed by atoms with van der Waals surface area (Å²) in [5.41, 5.74) is 0. The molecule has 1 saturated heterocycles. The van der Waals surface area contributed by atoms with E-state index in [1.54, 1.807) is 0 Å². The number of hydrogen-bond acceptors (Lipinski definition) is 3. The van der Waals surface area contributed by atoms with Crippen molar-refractivity contribution >= 4 is 11.6 Å². The molecule has 0 bridgehead atoms. The molecule has 4 nitrogen and oxygen atoms in total. The van der Waals surface area contributed by atoms with Crippen LogP contribution in [0.3, 0.4) is 0 Å². The number of aryl methyl sites for hydroxylation is 1. The van der Waals surface area contributed by atoms with Crippen molar-refractivity contribution in [3.8, 4) is 0 Å². The molecule has 1 aliphatic heterocycles. The van der Waals surface area contributed by atoms with E-state index in [-0.39, 0.29) is 0 Å². The van der Waals surface area contributed by atoms with Crippen LogP contribution in [-0.2, 0) is 13.1 Å². The summed E-state index contributed by atoms with van der Waals surface area (Å²) in [6.45, 7) is 6.26. The zero-order chi connectivity index (χ0) is 13.9. The van der Waals surface area contributed by atoms with Crippen molar-refractivity contribution in [2.24, 2.45) is 5.92 Å². The average molecular weight is 294 g/mol. The van der Waals surface area contributed by atoms with E-state index in [0.29, 0.717) is 5.22 Å². The van der Waals surface area contributed by atoms with Crippen LogP contribution in [0, 0.1) is 12.8 Å². The van der Waals surface area contributed by atoms with E-state index >= 15 is 0 Å². The molecule has 2 aromatic heterocycles. The van der Waals surface area contributed by atoms with Crippen LogP contribution in [0.5, 0.6) is 0 Å². The molecular weight excluding hydrogens is 274 g/mol. The molecule has 0 aliphatic carbocycles. The second-order valence-electron chi connectivity index (χ2n) is 5.55. The molecule has 20 heavy (non-hydrogen) atoms. The van der Waals surface area contributed by atoms with E-state index in [9.17, 15) is 0 Å². The van der Waals surface area contributed by atoms with Gasteiger partial charge in [0.25, 0.3) is 0 Å². The predicted octanol–water partition coefficient (Wildman–Crippen LogP) is 3.35. The molecule has 0 amide bonds. The first kappa shape index (κ1) is 13.7. The molecule has 0 saturated carbocycles. The second kappa shape index (κ2) is 6.02. The number of imidazole rings is 1. The third-order valence-corrected chi connectivity index (χ3v) is 4.30. The fourth-order valence-corrected chi connectivity index (χ4v) is 3.02. The molecule has 3 rings (SSSR count). The normalized spacial score (nSPS) is 17.7. The Morgan fingerprint density at radius 3 is 2.75 bits per heavy atom. The van der Waals surface area contributed by atoms with Crippen LogP contribution in [0.15, 0.2) is 28.9 Å². The second-order valence-corrected chi connectivity index (χ2v) is 5.92. The Morgan fingerprint density at radius 2 is 2.15 bits per heavy atom. The van der Waals surface area contributed by atoms with Gasteiger partial charge in [-0.3, -0.25) is 4.90 Å². The quantitative estimate of drug-likeness (QED) is 0.867. The highest BCUT2D eigenvalue weighted by Gasteiger charge is 2.20. The van der Waals surface area contributed by atoms with Crippen molar-refractivity contribution in [1.82, 2.24) is 14.5 Å². The minimum Gasteiger partial charge on any atom is -0.448 e. The van der Waals surface area contributed by atoms with Crippen LogP contribution >= 0.6 is 11.6 Å². The van der Waals surface area contributed by atoms with E-state index in [2.05, 4.69) is 27.6 Å². The molecule has 1 aliphatic rings. The Hall–Kier alpha value is -1.26. The van der Waals surface area contributed by atoms with Gasteiger partial charge in [-0.1, -0.05) is 0 Å². The fraction of sp³-hybridized carbons (Fsp3) is 0.533. The summed E-state index contributed by atoms with van der Waals surface area (Å²) >= 11 is 5.80. The number of piperidine rings is 1. The van der Waals surface area contributed by atoms with E-state index in [0.717, 1.165) is 43.7 Å². The Morgan fingerprint density at radius 1 is 1.35 bits per heavy atom. The highest BCUT2D eigenvalue weighted by atomic mass is 35.5. The van der Waals surface area contributed by atoms with Crippen molar-refractivity contribution < 1.29 is 4.42 Å². The maximum absolute atomic E-state index is 5.80. The van der Waals surface area contributed by atoms with Gasteiger partial charge in [-0.2, -0.15) is 0 Å². The van der Waals surface area contributed by atoms with Crippen molar-refractivity contribution in [2.45, 2.75) is 32.9 Å². The third kappa shape index (κ3) is 3.25. The summed E-state index contributed by atoms with van der Waals surface area (Å²) in [4.78, 5) is 6.72. The summed E-state index contributed by atoms with van der Waals surface area (Å²) in [7, 11) is 0. The van der Waals surface area contributed by atoms with Crippen molar-refractivity contribution in [3.05, 3.63) is 41.3 Å². The molecule has 3 heterocycles. The number of aromatic nitrogens is 2.